The fraction of sp³-hybridized carbons (Fsp3) is 0.217. The van der Waals surface area contributed by atoms with Crippen LogP contribution in [0.1, 0.15) is 11.1 Å². The van der Waals surface area contributed by atoms with Crippen molar-refractivity contribution in [1.29, 1.82) is 5.41 Å². The zero-order chi connectivity index (χ0) is 24.8. The predicted molar refractivity (Wildman–Crippen MR) is 129 cm³/mol. The number of nitrogens with one attached hydrogen (secondary N) is 2. The molecule has 0 aliphatic carbocycles. The molecule has 1 amide bonds. The van der Waals surface area contributed by atoms with Crippen LogP contribution in [0.2, 0.25) is 0 Å². The minimum Gasteiger partial charge on any atom is -0.403 e. The van der Waals surface area contributed by atoms with Gasteiger partial charge in [-0.2, -0.15) is 0 Å². The van der Waals surface area contributed by atoms with Gasteiger partial charge in [0.05, 0.1) is 11.9 Å². The van der Waals surface area contributed by atoms with Gasteiger partial charge in [-0.15, -0.1) is 0 Å². The lowest BCUT2D eigenvalue weighted by Crippen LogP contribution is -2.52. The van der Waals surface area contributed by atoms with Crippen LogP contribution in [0.15, 0.2) is 55.5 Å². The lowest BCUT2D eigenvalue weighted by atomic mass is 10.0. The van der Waals surface area contributed by atoms with Crippen LogP contribution in [0.25, 0.3) is 5.57 Å². The number of rotatable bonds is 7. The van der Waals surface area contributed by atoms with E-state index in [1.807, 2.05) is 35.2 Å². The van der Waals surface area contributed by atoms with Gasteiger partial charge < -0.3 is 20.9 Å². The number of halogens is 1. The molecule has 1 fully saturated rings. The third-order valence-corrected chi connectivity index (χ3v) is 5.45. The van der Waals surface area contributed by atoms with E-state index in [1.54, 1.807) is 0 Å². The highest BCUT2D eigenvalue weighted by atomic mass is 19.1. The zero-order valence-corrected chi connectivity index (χ0v) is 18.8. The molecule has 2 heterocycles. The Bertz CT molecular complexity index is 1130. The summed E-state index contributed by atoms with van der Waals surface area (Å²) in [5.74, 6) is 3.76. The van der Waals surface area contributed by atoms with Crippen LogP contribution < -0.4 is 21.9 Å². The topological polar surface area (TPSA) is 145 Å². The van der Waals surface area contributed by atoms with E-state index in [9.17, 15) is 14.0 Å². The molecule has 2 aromatic rings. The number of amidine groups is 1. The first kappa shape index (κ1) is 24.4. The molecule has 0 atom stereocenters. The Hall–Kier alpha value is -4.25. The molecule has 34 heavy (non-hydrogen) atoms. The number of piperazine rings is 1. The highest BCUT2D eigenvalue weighted by molar-refractivity contribution is 6.53. The molecule has 3 rings (SSSR count). The van der Waals surface area contributed by atoms with Gasteiger partial charge in [-0.1, -0.05) is 36.9 Å². The normalized spacial score (nSPS) is 13.6. The molecule has 1 aliphatic rings. The number of pyridine rings is 1. The van der Waals surface area contributed by atoms with Crippen molar-refractivity contribution in [2.75, 3.05) is 43.6 Å². The second kappa shape index (κ2) is 10.6. The number of nitrogens with two attached hydrogens (primary N) is 2. The summed E-state index contributed by atoms with van der Waals surface area (Å²) < 4.78 is 14.7. The maximum absolute atomic E-state index is 14.7. The zero-order valence-electron chi connectivity index (χ0n) is 18.8. The Kier molecular flexibility index (Phi) is 7.59. The molecule has 178 valence electrons. The van der Waals surface area contributed by atoms with Crippen LogP contribution in [0, 0.1) is 11.2 Å². The van der Waals surface area contributed by atoms with E-state index in [0.717, 1.165) is 16.8 Å². The van der Waals surface area contributed by atoms with Crippen LogP contribution in [-0.2, 0) is 9.59 Å². The van der Waals surface area contributed by atoms with Gasteiger partial charge in [0.1, 0.15) is 5.84 Å². The van der Waals surface area contributed by atoms with Crippen LogP contribution >= 0.6 is 0 Å². The molecule has 0 saturated carbocycles. The van der Waals surface area contributed by atoms with Gasteiger partial charge in [0, 0.05) is 62.3 Å². The largest absolute Gasteiger partial charge is 0.403 e. The maximum Gasteiger partial charge on any atom is 0.295 e. The summed E-state index contributed by atoms with van der Waals surface area (Å²) in [6.07, 6.45) is 3.37. The standard InChI is InChI=1S/C23H27FN8O2/c1-15(18-17(24)14-29-22(19(18)28-2)32(27)9-8-25)20(33)23(34)31-12-10-30(11-13-31)21(26)16-6-4-3-5-7-16/h3-9,14,26,28H,1,10-13,25,27H2,2H3/b9-8-,26-21?. The number of benzene rings is 1. The lowest BCUT2D eigenvalue weighted by molar-refractivity contribution is -0.142. The van der Waals surface area contributed by atoms with Crippen molar-refractivity contribution in [2.45, 2.75) is 0 Å². The van der Waals surface area contributed by atoms with Crippen LogP contribution in [0.5, 0.6) is 0 Å². The van der Waals surface area contributed by atoms with Gasteiger partial charge in [0.2, 0.25) is 0 Å². The molecule has 0 unspecified atom stereocenters. The second-order valence-corrected chi connectivity index (χ2v) is 7.48. The summed E-state index contributed by atoms with van der Waals surface area (Å²) in [4.78, 5) is 33.0. The lowest BCUT2D eigenvalue weighted by Gasteiger charge is -2.36. The Labute approximate surface area is 196 Å². The van der Waals surface area contributed by atoms with Crippen molar-refractivity contribution in [3.05, 3.63) is 72.5 Å². The van der Waals surface area contributed by atoms with Crippen molar-refractivity contribution >= 4 is 34.6 Å². The molecule has 6 N–H and O–H groups in total. The van der Waals surface area contributed by atoms with Crippen LogP contribution in [0.4, 0.5) is 15.9 Å². The Morgan fingerprint density at radius 3 is 2.41 bits per heavy atom. The fourth-order valence-electron chi connectivity index (χ4n) is 3.67. The monoisotopic (exact) mass is 466 g/mol. The Balaban J connectivity index is 1.74. The van der Waals surface area contributed by atoms with Crippen molar-refractivity contribution < 1.29 is 14.0 Å². The molecule has 0 spiro atoms. The van der Waals surface area contributed by atoms with Crippen molar-refractivity contribution in [3.8, 4) is 0 Å². The number of hydrogen-bond acceptors (Lipinski definition) is 8. The predicted octanol–water partition coefficient (Wildman–Crippen LogP) is 1.12. The number of nitrogens with zero attached hydrogens (tertiary/aromatic N) is 4. The molecular weight excluding hydrogens is 439 g/mol. The number of Topliss-reactive ketones (excluding diaryl/α,β-unsaturated/α-hetero) is 1. The van der Waals surface area contributed by atoms with Gasteiger partial charge in [-0.25, -0.2) is 15.2 Å². The van der Waals surface area contributed by atoms with Gasteiger partial charge in [0.15, 0.2) is 11.6 Å². The van der Waals surface area contributed by atoms with Crippen LogP contribution in [0.3, 0.4) is 0 Å². The minimum absolute atomic E-state index is 0.0906. The number of ketones is 1. The summed E-state index contributed by atoms with van der Waals surface area (Å²) in [6, 6.07) is 9.27. The summed E-state index contributed by atoms with van der Waals surface area (Å²) in [6.45, 7) is 4.96. The molecule has 11 heteroatoms. The summed E-state index contributed by atoms with van der Waals surface area (Å²) in [7, 11) is 1.50. The number of hydrazine groups is 1. The summed E-state index contributed by atoms with van der Waals surface area (Å²) in [5, 5.41) is 12.2. The van der Waals surface area contributed by atoms with E-state index in [2.05, 4.69) is 16.9 Å². The summed E-state index contributed by atoms with van der Waals surface area (Å²) >= 11 is 0. The highest BCUT2D eigenvalue weighted by Crippen LogP contribution is 2.33. The van der Waals surface area contributed by atoms with Crippen LogP contribution in [-0.4, -0.2) is 65.5 Å². The summed E-state index contributed by atoms with van der Waals surface area (Å²) in [5.41, 5.74) is 5.70. The molecule has 0 bridgehead atoms. The first-order valence-corrected chi connectivity index (χ1v) is 10.5. The number of hydrogen-bond donors (Lipinski definition) is 4. The number of aromatic nitrogens is 1. The third-order valence-electron chi connectivity index (χ3n) is 5.45. The fourth-order valence-corrected chi connectivity index (χ4v) is 3.67. The number of carbonyl (C=O) groups is 2. The molecular formula is C23H27FN8O2. The van der Waals surface area contributed by atoms with Gasteiger partial charge >= 0.3 is 0 Å². The molecule has 10 nitrogen and oxygen atoms in total. The molecule has 1 aliphatic heterocycles. The van der Waals surface area contributed by atoms with E-state index < -0.39 is 17.5 Å². The van der Waals surface area contributed by atoms with E-state index >= 15 is 0 Å². The highest BCUT2D eigenvalue weighted by Gasteiger charge is 2.31. The first-order valence-electron chi connectivity index (χ1n) is 10.5. The average Bonchev–Trinajstić information content (AvgIpc) is 2.87. The van der Waals surface area contributed by atoms with Crippen molar-refractivity contribution in [3.63, 3.8) is 0 Å². The van der Waals surface area contributed by atoms with E-state index in [4.69, 9.17) is 17.0 Å². The number of amides is 1. The smallest absolute Gasteiger partial charge is 0.295 e. The van der Waals surface area contributed by atoms with Gasteiger partial charge in [-0.05, 0) is 0 Å². The van der Waals surface area contributed by atoms with E-state index in [1.165, 1.54) is 24.3 Å². The SMILES string of the molecule is C=C(C(=O)C(=O)N1CCN(C(=N)c2ccccc2)CC1)c1c(F)cnc(N(N)/C=C\N)c1NC. The maximum atomic E-state index is 14.7. The minimum atomic E-state index is -0.933. The Morgan fingerprint density at radius 2 is 1.82 bits per heavy atom. The number of anilines is 2. The van der Waals surface area contributed by atoms with Crippen molar-refractivity contribution in [2.24, 2.45) is 11.6 Å². The molecule has 1 aromatic heterocycles. The van der Waals surface area contributed by atoms with E-state index in [0.29, 0.717) is 18.9 Å². The molecule has 0 radical (unpaired) electrons. The van der Waals surface area contributed by atoms with Gasteiger partial charge in [-0.3, -0.25) is 20.0 Å². The Morgan fingerprint density at radius 1 is 1.21 bits per heavy atom. The number of carbonyl (C=O) groups excluding carboxylic acids is 2. The molecule has 1 saturated heterocycles. The van der Waals surface area contributed by atoms with E-state index in [-0.39, 0.29) is 35.7 Å². The quantitative estimate of drug-likeness (QED) is 0.119. The van der Waals surface area contributed by atoms with Crippen molar-refractivity contribution in [1.82, 2.24) is 14.8 Å². The van der Waals surface area contributed by atoms with Gasteiger partial charge in [0.25, 0.3) is 11.7 Å². The molecule has 1 aromatic carbocycles. The third kappa shape index (κ3) is 4.89. The second-order valence-electron chi connectivity index (χ2n) is 7.48. The average molecular weight is 467 g/mol. The first-order chi connectivity index (χ1) is 16.3.